The average molecular weight is 292 g/mol. The molecular weight excluding hydrogens is 268 g/mol. The molecule has 0 saturated heterocycles. The molecule has 0 spiro atoms. The molecule has 1 aliphatic carbocycles. The summed E-state index contributed by atoms with van der Waals surface area (Å²) in [7, 11) is 2.11. The number of carbonyl (C=O) groups excluding carboxylic acids is 1. The van der Waals surface area contributed by atoms with E-state index in [1.165, 1.54) is 12.8 Å². The fraction of sp³-hybridized carbons (Fsp3) is 0.733. The van der Waals surface area contributed by atoms with Gasteiger partial charge in [0.25, 0.3) is 5.91 Å². The van der Waals surface area contributed by atoms with Crippen molar-refractivity contribution >= 4 is 5.91 Å². The molecule has 2 heterocycles. The maximum atomic E-state index is 12.3. The Labute approximate surface area is 125 Å². The molecule has 1 aliphatic heterocycles. The molecule has 21 heavy (non-hydrogen) atoms. The largest absolute Gasteiger partial charge is 0.369 e. The lowest BCUT2D eigenvalue weighted by atomic mass is 9.99. The van der Waals surface area contributed by atoms with Gasteiger partial charge in [-0.2, -0.15) is 5.10 Å². The maximum Gasteiger partial charge on any atom is 0.272 e. The van der Waals surface area contributed by atoms with Gasteiger partial charge in [-0.1, -0.05) is 0 Å². The molecule has 1 amide bonds. The van der Waals surface area contributed by atoms with Crippen LogP contribution in [0.25, 0.3) is 0 Å². The number of H-pyrrole nitrogens is 1. The second-order valence-electron chi connectivity index (χ2n) is 6.23. The zero-order chi connectivity index (χ0) is 15.0. The van der Waals surface area contributed by atoms with Gasteiger partial charge in [0.15, 0.2) is 5.69 Å². The Morgan fingerprint density at radius 2 is 2.24 bits per heavy atom. The van der Waals surface area contributed by atoms with Crippen molar-refractivity contribution in [1.82, 2.24) is 20.4 Å². The van der Waals surface area contributed by atoms with E-state index in [1.54, 1.807) is 0 Å². The van der Waals surface area contributed by atoms with Crippen LogP contribution in [-0.2, 0) is 11.2 Å². The summed E-state index contributed by atoms with van der Waals surface area (Å²) in [6.07, 6.45) is 3.40. The van der Waals surface area contributed by atoms with Gasteiger partial charge in [-0.05, 0) is 33.7 Å². The van der Waals surface area contributed by atoms with Gasteiger partial charge in [0.1, 0.15) is 0 Å². The van der Waals surface area contributed by atoms with Crippen LogP contribution in [0, 0.1) is 0 Å². The molecule has 2 aliphatic rings. The first kappa shape index (κ1) is 14.5. The van der Waals surface area contributed by atoms with Crippen molar-refractivity contribution in [1.29, 1.82) is 0 Å². The number of rotatable bonds is 5. The summed E-state index contributed by atoms with van der Waals surface area (Å²) >= 11 is 0. The molecule has 2 atom stereocenters. The number of nitrogens with one attached hydrogen (secondary N) is 2. The molecule has 6 heteroatoms. The molecule has 1 fully saturated rings. The lowest BCUT2D eigenvalue weighted by Gasteiger charge is -2.25. The molecule has 2 N–H and O–H groups in total. The number of amides is 1. The number of aromatic nitrogens is 2. The van der Waals surface area contributed by atoms with E-state index in [9.17, 15) is 4.79 Å². The molecule has 0 radical (unpaired) electrons. The summed E-state index contributed by atoms with van der Waals surface area (Å²) in [5.74, 6) is -0.0852. The third kappa shape index (κ3) is 3.11. The minimum absolute atomic E-state index is 0.0289. The Morgan fingerprint density at radius 3 is 2.95 bits per heavy atom. The number of carbonyl (C=O) groups is 1. The molecule has 0 unspecified atom stereocenters. The van der Waals surface area contributed by atoms with Gasteiger partial charge in [0.05, 0.1) is 17.9 Å². The Hall–Kier alpha value is -1.40. The Balaban J connectivity index is 1.60. The number of aromatic amines is 1. The predicted octanol–water partition coefficient (Wildman–Crippen LogP) is 1.26. The number of ether oxygens (including phenoxy) is 1. The van der Waals surface area contributed by atoms with Crippen LogP contribution in [0.2, 0.25) is 0 Å². The number of hydrogen-bond acceptors (Lipinski definition) is 4. The normalized spacial score (nSPS) is 25.0. The summed E-state index contributed by atoms with van der Waals surface area (Å²) in [6.45, 7) is 5.56. The SMILES string of the molecule is C[C@@H]1Cc2c(C(=O)NCCN(C)C3CC3)n[nH]c2[C@H](C)O1. The first-order valence-corrected chi connectivity index (χ1v) is 7.77. The molecule has 3 rings (SSSR count). The van der Waals surface area contributed by atoms with E-state index in [2.05, 4.69) is 27.5 Å². The van der Waals surface area contributed by atoms with Crippen LogP contribution in [0.1, 0.15) is 54.5 Å². The topological polar surface area (TPSA) is 70.2 Å². The van der Waals surface area contributed by atoms with Gasteiger partial charge in [0, 0.05) is 31.1 Å². The van der Waals surface area contributed by atoms with Crippen molar-refractivity contribution < 1.29 is 9.53 Å². The molecule has 1 saturated carbocycles. The standard InChI is InChI=1S/C15H24N4O2/c1-9-8-12-13(10(2)21-9)17-18-14(12)15(20)16-6-7-19(3)11-4-5-11/h9-11H,4-8H2,1-3H3,(H,16,20)(H,17,18)/t9-,10+/m1/s1. The van der Waals surface area contributed by atoms with Crippen LogP contribution in [0.4, 0.5) is 0 Å². The second-order valence-corrected chi connectivity index (χ2v) is 6.23. The van der Waals surface area contributed by atoms with E-state index < -0.39 is 0 Å². The van der Waals surface area contributed by atoms with Crippen molar-refractivity contribution in [3.63, 3.8) is 0 Å². The summed E-state index contributed by atoms with van der Waals surface area (Å²) < 4.78 is 5.74. The summed E-state index contributed by atoms with van der Waals surface area (Å²) in [4.78, 5) is 14.6. The summed E-state index contributed by atoms with van der Waals surface area (Å²) in [5, 5.41) is 10.1. The van der Waals surface area contributed by atoms with Crippen LogP contribution in [0.15, 0.2) is 0 Å². The lowest BCUT2D eigenvalue weighted by molar-refractivity contribution is -0.00697. The van der Waals surface area contributed by atoms with Crippen molar-refractivity contribution in [3.05, 3.63) is 17.0 Å². The molecule has 0 aromatic carbocycles. The highest BCUT2D eigenvalue weighted by molar-refractivity contribution is 5.94. The zero-order valence-corrected chi connectivity index (χ0v) is 13.0. The highest BCUT2D eigenvalue weighted by Gasteiger charge is 2.29. The van der Waals surface area contributed by atoms with Crippen LogP contribution in [0.3, 0.4) is 0 Å². The predicted molar refractivity (Wildman–Crippen MR) is 79.2 cm³/mol. The number of nitrogens with zero attached hydrogens (tertiary/aromatic N) is 2. The van der Waals surface area contributed by atoms with E-state index in [4.69, 9.17) is 4.74 Å². The zero-order valence-electron chi connectivity index (χ0n) is 13.0. The summed E-state index contributed by atoms with van der Waals surface area (Å²) in [6, 6.07) is 0.721. The number of hydrogen-bond donors (Lipinski definition) is 2. The Morgan fingerprint density at radius 1 is 1.48 bits per heavy atom. The minimum atomic E-state index is -0.0852. The van der Waals surface area contributed by atoms with E-state index in [0.717, 1.165) is 30.3 Å². The van der Waals surface area contributed by atoms with Gasteiger partial charge in [0.2, 0.25) is 0 Å². The lowest BCUT2D eigenvalue weighted by Crippen LogP contribution is -2.34. The number of fused-ring (bicyclic) bond motifs is 1. The molecule has 0 bridgehead atoms. The highest BCUT2D eigenvalue weighted by Crippen LogP contribution is 2.30. The fourth-order valence-electron chi connectivity index (χ4n) is 2.99. The van der Waals surface area contributed by atoms with Gasteiger partial charge in [-0.3, -0.25) is 9.89 Å². The average Bonchev–Trinajstić information content (AvgIpc) is 3.19. The van der Waals surface area contributed by atoms with Gasteiger partial charge in [-0.15, -0.1) is 0 Å². The van der Waals surface area contributed by atoms with Gasteiger partial charge >= 0.3 is 0 Å². The third-order valence-corrected chi connectivity index (χ3v) is 4.37. The quantitative estimate of drug-likeness (QED) is 0.857. The molecule has 1 aromatic rings. The van der Waals surface area contributed by atoms with Crippen molar-refractivity contribution in [2.75, 3.05) is 20.1 Å². The van der Waals surface area contributed by atoms with Crippen molar-refractivity contribution in [2.45, 2.75) is 51.4 Å². The van der Waals surface area contributed by atoms with Crippen LogP contribution >= 0.6 is 0 Å². The van der Waals surface area contributed by atoms with Gasteiger partial charge < -0.3 is 15.0 Å². The molecule has 1 aromatic heterocycles. The van der Waals surface area contributed by atoms with E-state index >= 15 is 0 Å². The minimum Gasteiger partial charge on any atom is -0.369 e. The summed E-state index contributed by atoms with van der Waals surface area (Å²) in [5.41, 5.74) is 2.48. The molecule has 6 nitrogen and oxygen atoms in total. The van der Waals surface area contributed by atoms with E-state index in [1.807, 2.05) is 13.8 Å². The third-order valence-electron chi connectivity index (χ3n) is 4.37. The highest BCUT2D eigenvalue weighted by atomic mass is 16.5. The van der Waals surface area contributed by atoms with Crippen molar-refractivity contribution in [2.24, 2.45) is 0 Å². The fourth-order valence-corrected chi connectivity index (χ4v) is 2.99. The van der Waals surface area contributed by atoms with E-state index in [-0.39, 0.29) is 18.1 Å². The second kappa shape index (κ2) is 5.77. The monoisotopic (exact) mass is 292 g/mol. The Bertz CT molecular complexity index is 524. The number of likely N-dealkylation sites (N-methyl/N-ethyl adjacent to an activating group) is 1. The first-order chi connectivity index (χ1) is 10.1. The molecule has 116 valence electrons. The van der Waals surface area contributed by atoms with Crippen molar-refractivity contribution in [3.8, 4) is 0 Å². The van der Waals surface area contributed by atoms with Crippen LogP contribution in [0.5, 0.6) is 0 Å². The van der Waals surface area contributed by atoms with Crippen LogP contribution < -0.4 is 5.32 Å². The van der Waals surface area contributed by atoms with Crippen LogP contribution in [-0.4, -0.2) is 53.3 Å². The smallest absolute Gasteiger partial charge is 0.272 e. The van der Waals surface area contributed by atoms with E-state index in [0.29, 0.717) is 12.2 Å². The molecular formula is C15H24N4O2. The van der Waals surface area contributed by atoms with Gasteiger partial charge in [-0.25, -0.2) is 0 Å². The Kier molecular flexibility index (Phi) is 3.99. The maximum absolute atomic E-state index is 12.3. The first-order valence-electron chi connectivity index (χ1n) is 7.77.